The van der Waals surface area contributed by atoms with Gasteiger partial charge in [-0.3, -0.25) is 9.59 Å². The van der Waals surface area contributed by atoms with Crippen molar-refractivity contribution >= 4 is 34.1 Å². The van der Waals surface area contributed by atoms with E-state index in [9.17, 15) is 14.4 Å². The Morgan fingerprint density at radius 2 is 1.93 bits per heavy atom. The molecule has 0 spiro atoms. The molecule has 0 radical (unpaired) electrons. The van der Waals surface area contributed by atoms with Crippen molar-refractivity contribution in [3.8, 4) is 11.1 Å². The molecule has 1 heterocycles. The Morgan fingerprint density at radius 3 is 2.50 bits per heavy atom. The van der Waals surface area contributed by atoms with Crippen molar-refractivity contribution in [1.82, 2.24) is 4.90 Å². The van der Waals surface area contributed by atoms with Gasteiger partial charge in [-0.1, -0.05) is 35.9 Å². The number of hydrogen-bond acceptors (Lipinski definition) is 5. The van der Waals surface area contributed by atoms with Crippen LogP contribution in [0.4, 0.5) is 5.00 Å². The molecule has 0 aliphatic rings. The van der Waals surface area contributed by atoms with Gasteiger partial charge < -0.3 is 15.0 Å². The Balaban J connectivity index is 2.32. The van der Waals surface area contributed by atoms with Gasteiger partial charge >= 0.3 is 5.97 Å². The van der Waals surface area contributed by atoms with Gasteiger partial charge in [-0.15, -0.1) is 17.9 Å². The molecule has 0 unspecified atom stereocenters. The first-order valence-corrected chi connectivity index (χ1v) is 9.77. The second kappa shape index (κ2) is 9.85. The quantitative estimate of drug-likeness (QED) is 0.539. The average Bonchev–Trinajstić information content (AvgIpc) is 3.05. The molecular formula is C21H24N2O4S. The summed E-state index contributed by atoms with van der Waals surface area (Å²) in [6, 6.07) is 7.76. The molecule has 0 aliphatic heterocycles. The summed E-state index contributed by atoms with van der Waals surface area (Å²) in [6.45, 7) is 9.07. The molecule has 0 saturated carbocycles. The maximum absolute atomic E-state index is 12.6. The highest BCUT2D eigenvalue weighted by molar-refractivity contribution is 7.15. The third kappa shape index (κ3) is 5.29. The second-order valence-electron chi connectivity index (χ2n) is 6.18. The highest BCUT2D eigenvalue weighted by atomic mass is 32.1. The molecule has 148 valence electrons. The number of rotatable bonds is 8. The van der Waals surface area contributed by atoms with Crippen molar-refractivity contribution in [2.75, 3.05) is 25.0 Å². The van der Waals surface area contributed by atoms with Crippen LogP contribution >= 0.6 is 11.3 Å². The molecule has 1 aromatic heterocycles. The molecule has 0 atom stereocenters. The summed E-state index contributed by atoms with van der Waals surface area (Å²) in [4.78, 5) is 38.0. The molecule has 7 heteroatoms. The minimum atomic E-state index is -0.496. The Labute approximate surface area is 168 Å². The number of aryl methyl sites for hydroxylation is 1. The Morgan fingerprint density at radius 1 is 1.25 bits per heavy atom. The van der Waals surface area contributed by atoms with Crippen LogP contribution in [0.3, 0.4) is 0 Å². The number of anilines is 1. The van der Waals surface area contributed by atoms with E-state index in [1.54, 1.807) is 13.0 Å². The van der Waals surface area contributed by atoms with E-state index in [0.717, 1.165) is 11.1 Å². The third-order valence-electron chi connectivity index (χ3n) is 4.02. The highest BCUT2D eigenvalue weighted by Gasteiger charge is 2.23. The van der Waals surface area contributed by atoms with Gasteiger partial charge in [-0.2, -0.15) is 0 Å². The molecule has 2 rings (SSSR count). The second-order valence-corrected chi connectivity index (χ2v) is 7.06. The minimum absolute atomic E-state index is 0.124. The van der Waals surface area contributed by atoms with Crippen LogP contribution in [0.5, 0.6) is 0 Å². The number of hydrogen-bond donors (Lipinski definition) is 1. The van der Waals surface area contributed by atoms with Crippen molar-refractivity contribution < 1.29 is 19.1 Å². The van der Waals surface area contributed by atoms with Gasteiger partial charge in [0.25, 0.3) is 0 Å². The zero-order valence-corrected chi connectivity index (χ0v) is 17.1. The maximum Gasteiger partial charge on any atom is 0.341 e. The van der Waals surface area contributed by atoms with E-state index in [1.165, 1.54) is 23.2 Å². The van der Waals surface area contributed by atoms with E-state index < -0.39 is 5.97 Å². The van der Waals surface area contributed by atoms with E-state index >= 15 is 0 Å². The van der Waals surface area contributed by atoms with Gasteiger partial charge in [0.2, 0.25) is 11.8 Å². The number of thiophene rings is 1. The molecule has 0 saturated heterocycles. The van der Waals surface area contributed by atoms with Crippen LogP contribution in [0.25, 0.3) is 11.1 Å². The molecule has 28 heavy (non-hydrogen) atoms. The van der Waals surface area contributed by atoms with Gasteiger partial charge in [-0.05, 0) is 19.4 Å². The third-order valence-corrected chi connectivity index (χ3v) is 4.91. The van der Waals surface area contributed by atoms with Crippen LogP contribution in [0.15, 0.2) is 42.3 Å². The van der Waals surface area contributed by atoms with Crippen LogP contribution in [-0.4, -0.2) is 42.4 Å². The predicted octanol–water partition coefficient (Wildman–Crippen LogP) is 3.87. The maximum atomic E-state index is 12.6. The van der Waals surface area contributed by atoms with E-state index in [0.29, 0.717) is 16.1 Å². The summed E-state index contributed by atoms with van der Waals surface area (Å²) in [7, 11) is 0. The first kappa shape index (κ1) is 21.4. The summed E-state index contributed by atoms with van der Waals surface area (Å²) in [5.41, 5.74) is 2.99. The number of nitrogens with one attached hydrogen (secondary N) is 1. The summed E-state index contributed by atoms with van der Waals surface area (Å²) >= 11 is 1.25. The number of benzene rings is 1. The van der Waals surface area contributed by atoms with Crippen LogP contribution in [0, 0.1) is 6.92 Å². The van der Waals surface area contributed by atoms with E-state index in [-0.39, 0.29) is 31.5 Å². The zero-order chi connectivity index (χ0) is 20.7. The molecule has 1 N–H and O–H groups in total. The van der Waals surface area contributed by atoms with Crippen LogP contribution in [0.1, 0.15) is 29.8 Å². The number of esters is 1. The largest absolute Gasteiger partial charge is 0.462 e. The van der Waals surface area contributed by atoms with Crippen LogP contribution in [0.2, 0.25) is 0 Å². The predicted molar refractivity (Wildman–Crippen MR) is 112 cm³/mol. The highest BCUT2D eigenvalue weighted by Crippen LogP contribution is 2.36. The van der Waals surface area contributed by atoms with Crippen LogP contribution < -0.4 is 5.32 Å². The van der Waals surface area contributed by atoms with Gasteiger partial charge in [-0.25, -0.2) is 4.79 Å². The lowest BCUT2D eigenvalue weighted by Gasteiger charge is -2.18. The van der Waals surface area contributed by atoms with Crippen molar-refractivity contribution in [2.45, 2.75) is 20.8 Å². The molecule has 2 amide bonds. The average molecular weight is 401 g/mol. The molecule has 6 nitrogen and oxygen atoms in total. The lowest BCUT2D eigenvalue weighted by molar-refractivity contribution is -0.132. The van der Waals surface area contributed by atoms with Gasteiger partial charge in [0.15, 0.2) is 0 Å². The lowest BCUT2D eigenvalue weighted by Crippen LogP contribution is -2.36. The van der Waals surface area contributed by atoms with Crippen molar-refractivity contribution in [3.05, 3.63) is 53.4 Å². The number of nitrogens with zero attached hydrogens (tertiary/aromatic N) is 1. The van der Waals surface area contributed by atoms with Gasteiger partial charge in [0, 0.05) is 24.4 Å². The standard InChI is InChI=1S/C21H24N2O4S/c1-5-11-23(15(4)24)12-18(25)22-20-19(21(26)27-6-2)17(13-28-20)16-9-7-14(3)8-10-16/h5,7-10,13H,1,6,11-12H2,2-4H3,(H,22,25). The van der Waals surface area contributed by atoms with E-state index in [2.05, 4.69) is 11.9 Å². The van der Waals surface area contributed by atoms with Crippen molar-refractivity contribution in [3.63, 3.8) is 0 Å². The lowest BCUT2D eigenvalue weighted by atomic mass is 10.0. The summed E-state index contributed by atoms with van der Waals surface area (Å²) < 4.78 is 5.19. The first-order chi connectivity index (χ1) is 13.4. The Hall–Kier alpha value is -2.93. The van der Waals surface area contributed by atoms with E-state index in [1.807, 2.05) is 36.6 Å². The normalized spacial score (nSPS) is 10.2. The monoisotopic (exact) mass is 400 g/mol. The van der Waals surface area contributed by atoms with Crippen molar-refractivity contribution in [1.29, 1.82) is 0 Å². The number of ether oxygens (including phenoxy) is 1. The zero-order valence-electron chi connectivity index (χ0n) is 16.3. The molecule has 2 aromatic rings. The molecule has 0 aliphatic carbocycles. The number of carbonyl (C=O) groups is 3. The fourth-order valence-electron chi connectivity index (χ4n) is 2.60. The first-order valence-electron chi connectivity index (χ1n) is 8.89. The van der Waals surface area contributed by atoms with Gasteiger partial charge in [0.1, 0.15) is 17.1 Å². The fourth-order valence-corrected chi connectivity index (χ4v) is 3.57. The minimum Gasteiger partial charge on any atom is -0.462 e. The number of carbonyl (C=O) groups excluding carboxylic acids is 3. The van der Waals surface area contributed by atoms with E-state index in [4.69, 9.17) is 4.74 Å². The summed E-state index contributed by atoms with van der Waals surface area (Å²) in [6.07, 6.45) is 1.55. The molecule has 1 aromatic carbocycles. The van der Waals surface area contributed by atoms with Crippen molar-refractivity contribution in [2.24, 2.45) is 0 Å². The summed E-state index contributed by atoms with van der Waals surface area (Å²) in [5.74, 6) is -1.11. The fraction of sp³-hybridized carbons (Fsp3) is 0.286. The van der Waals surface area contributed by atoms with Gasteiger partial charge in [0.05, 0.1) is 6.61 Å². The molecule has 0 bridgehead atoms. The van der Waals surface area contributed by atoms with Crippen LogP contribution in [-0.2, 0) is 14.3 Å². The topological polar surface area (TPSA) is 75.7 Å². The Kier molecular flexibility index (Phi) is 7.52. The molecule has 0 fully saturated rings. The summed E-state index contributed by atoms with van der Waals surface area (Å²) in [5, 5.41) is 4.97. The smallest absolute Gasteiger partial charge is 0.341 e. The number of amides is 2. The molecular weight excluding hydrogens is 376 g/mol. The SMILES string of the molecule is C=CCN(CC(=O)Nc1scc(-c2ccc(C)cc2)c1C(=O)OCC)C(C)=O. The Bertz CT molecular complexity index is 871.